The molecule has 0 aliphatic rings. The van der Waals surface area contributed by atoms with Gasteiger partial charge in [-0.2, -0.15) is 0 Å². The van der Waals surface area contributed by atoms with Crippen molar-refractivity contribution in [1.29, 1.82) is 0 Å². The predicted molar refractivity (Wildman–Crippen MR) is 59.1 cm³/mol. The van der Waals surface area contributed by atoms with Crippen LogP contribution in [0.1, 0.15) is 31.7 Å². The minimum Gasteiger partial charge on any atom is -0.383 e. The average Bonchev–Trinajstić information content (AvgIpc) is 2.20. The Kier molecular flexibility index (Phi) is 4.53. The number of benzene rings is 1. The van der Waals surface area contributed by atoms with Crippen LogP contribution in [-0.4, -0.2) is 6.54 Å². The second-order valence-corrected chi connectivity index (χ2v) is 3.72. The van der Waals surface area contributed by atoms with E-state index in [0.29, 0.717) is 12.1 Å². The van der Waals surface area contributed by atoms with Crippen LogP contribution in [0.3, 0.4) is 0 Å². The molecule has 1 aromatic carbocycles. The molecule has 0 saturated carbocycles. The smallest absolute Gasteiger partial charge is 0.146 e. The highest BCUT2D eigenvalue weighted by molar-refractivity contribution is 5.46. The van der Waals surface area contributed by atoms with Gasteiger partial charge in [-0.05, 0) is 25.0 Å². The van der Waals surface area contributed by atoms with E-state index in [1.165, 1.54) is 12.1 Å². The molecule has 0 heterocycles. The monoisotopic (exact) mass is 213 g/mol. The van der Waals surface area contributed by atoms with Gasteiger partial charge >= 0.3 is 0 Å². The Hall–Kier alpha value is -1.12. The Morgan fingerprint density at radius 1 is 1.13 bits per heavy atom. The third-order valence-electron chi connectivity index (χ3n) is 2.34. The lowest BCUT2D eigenvalue weighted by Gasteiger charge is -2.08. The van der Waals surface area contributed by atoms with Crippen LogP contribution in [-0.2, 0) is 0 Å². The quantitative estimate of drug-likeness (QED) is 0.732. The van der Waals surface area contributed by atoms with Crippen molar-refractivity contribution in [2.45, 2.75) is 33.1 Å². The fourth-order valence-electron chi connectivity index (χ4n) is 1.38. The van der Waals surface area contributed by atoms with Crippen molar-refractivity contribution >= 4 is 5.69 Å². The molecule has 0 atom stereocenters. The largest absolute Gasteiger partial charge is 0.383 e. The number of nitrogens with one attached hydrogen (secondary N) is 1. The zero-order chi connectivity index (χ0) is 11.3. The van der Waals surface area contributed by atoms with Crippen molar-refractivity contribution in [2.75, 3.05) is 11.9 Å². The molecule has 84 valence electrons. The summed E-state index contributed by atoms with van der Waals surface area (Å²) in [6.45, 7) is 4.35. The van der Waals surface area contributed by atoms with E-state index in [1.807, 2.05) is 0 Å². The van der Waals surface area contributed by atoms with Gasteiger partial charge in [-0.25, -0.2) is 8.78 Å². The molecule has 0 aromatic heterocycles. The van der Waals surface area contributed by atoms with E-state index in [4.69, 9.17) is 0 Å². The maximum absolute atomic E-state index is 13.3. The number of anilines is 1. The minimum absolute atomic E-state index is 0.259. The molecule has 0 aliphatic carbocycles. The van der Waals surface area contributed by atoms with E-state index >= 15 is 0 Å². The number of unbranched alkanes of at least 4 members (excludes halogenated alkanes) is 2. The Morgan fingerprint density at radius 2 is 1.87 bits per heavy atom. The molecule has 1 N–H and O–H groups in total. The van der Waals surface area contributed by atoms with Crippen LogP contribution >= 0.6 is 0 Å². The van der Waals surface area contributed by atoms with Gasteiger partial charge in [-0.3, -0.25) is 0 Å². The van der Waals surface area contributed by atoms with Crippen LogP contribution in [0.15, 0.2) is 12.1 Å². The topological polar surface area (TPSA) is 12.0 Å². The highest BCUT2D eigenvalue weighted by Crippen LogP contribution is 2.18. The van der Waals surface area contributed by atoms with Crippen molar-refractivity contribution in [3.8, 4) is 0 Å². The van der Waals surface area contributed by atoms with Crippen LogP contribution in [0, 0.1) is 18.6 Å². The van der Waals surface area contributed by atoms with E-state index in [9.17, 15) is 8.78 Å². The van der Waals surface area contributed by atoms with Gasteiger partial charge in [0.15, 0.2) is 0 Å². The zero-order valence-electron chi connectivity index (χ0n) is 9.24. The zero-order valence-corrected chi connectivity index (χ0v) is 9.24. The molecule has 0 amide bonds. The van der Waals surface area contributed by atoms with Gasteiger partial charge in [0.25, 0.3) is 0 Å². The summed E-state index contributed by atoms with van der Waals surface area (Å²) in [6, 6.07) is 2.44. The van der Waals surface area contributed by atoms with Crippen molar-refractivity contribution < 1.29 is 8.78 Å². The summed E-state index contributed by atoms with van der Waals surface area (Å²) in [4.78, 5) is 0. The van der Waals surface area contributed by atoms with Gasteiger partial charge < -0.3 is 5.32 Å². The van der Waals surface area contributed by atoms with Crippen molar-refractivity contribution in [2.24, 2.45) is 0 Å². The Bertz CT molecular complexity index is 324. The standard InChI is InChI=1S/C12H17F2N/c1-3-4-5-6-15-12-8-10(13)9(2)7-11(12)14/h7-8,15H,3-6H2,1-2H3. The van der Waals surface area contributed by atoms with E-state index in [1.54, 1.807) is 6.92 Å². The lowest BCUT2D eigenvalue weighted by atomic mass is 10.2. The summed E-state index contributed by atoms with van der Waals surface area (Å²) in [5, 5.41) is 2.90. The maximum Gasteiger partial charge on any atom is 0.146 e. The molecule has 0 saturated heterocycles. The summed E-state index contributed by atoms with van der Waals surface area (Å²) in [7, 11) is 0. The first-order chi connectivity index (χ1) is 7.15. The van der Waals surface area contributed by atoms with E-state index in [-0.39, 0.29) is 17.3 Å². The second-order valence-electron chi connectivity index (χ2n) is 3.72. The van der Waals surface area contributed by atoms with Gasteiger partial charge in [0.2, 0.25) is 0 Å². The lowest BCUT2D eigenvalue weighted by Crippen LogP contribution is -2.04. The Balaban J connectivity index is 2.57. The summed E-state index contributed by atoms with van der Waals surface area (Å²) >= 11 is 0. The van der Waals surface area contributed by atoms with Gasteiger partial charge in [0.05, 0.1) is 5.69 Å². The fraction of sp³-hybridized carbons (Fsp3) is 0.500. The minimum atomic E-state index is -0.384. The van der Waals surface area contributed by atoms with Crippen molar-refractivity contribution in [1.82, 2.24) is 0 Å². The first-order valence-corrected chi connectivity index (χ1v) is 5.34. The fourth-order valence-corrected chi connectivity index (χ4v) is 1.38. The van der Waals surface area contributed by atoms with Crippen molar-refractivity contribution in [3.63, 3.8) is 0 Å². The summed E-state index contributed by atoms with van der Waals surface area (Å²) in [5.41, 5.74) is 0.598. The summed E-state index contributed by atoms with van der Waals surface area (Å²) < 4.78 is 26.4. The molecule has 3 heteroatoms. The van der Waals surface area contributed by atoms with Crippen LogP contribution in [0.5, 0.6) is 0 Å². The number of hydrogen-bond acceptors (Lipinski definition) is 1. The SMILES string of the molecule is CCCCCNc1cc(F)c(C)cc1F. The molecule has 0 bridgehead atoms. The van der Waals surface area contributed by atoms with Gasteiger partial charge in [0.1, 0.15) is 11.6 Å². The molecule has 0 spiro atoms. The van der Waals surface area contributed by atoms with Crippen LogP contribution in [0.2, 0.25) is 0 Å². The van der Waals surface area contributed by atoms with E-state index in [0.717, 1.165) is 19.3 Å². The second kappa shape index (κ2) is 5.69. The van der Waals surface area contributed by atoms with Gasteiger partial charge in [-0.15, -0.1) is 0 Å². The molecular formula is C12H17F2N. The molecule has 1 aromatic rings. The predicted octanol–water partition coefficient (Wildman–Crippen LogP) is 3.88. The van der Waals surface area contributed by atoms with Crippen LogP contribution < -0.4 is 5.32 Å². The normalized spacial score (nSPS) is 10.4. The number of rotatable bonds is 5. The third kappa shape index (κ3) is 3.50. The molecule has 0 aliphatic heterocycles. The lowest BCUT2D eigenvalue weighted by molar-refractivity contribution is 0.594. The summed E-state index contributed by atoms with van der Waals surface area (Å²) in [6.07, 6.45) is 3.20. The van der Waals surface area contributed by atoms with Gasteiger partial charge in [-0.1, -0.05) is 19.8 Å². The third-order valence-corrected chi connectivity index (χ3v) is 2.34. The highest BCUT2D eigenvalue weighted by atomic mass is 19.1. The summed E-state index contributed by atoms with van der Waals surface area (Å²) in [5.74, 6) is -0.750. The van der Waals surface area contributed by atoms with Gasteiger partial charge in [0, 0.05) is 12.6 Å². The first-order valence-electron chi connectivity index (χ1n) is 5.34. The molecule has 15 heavy (non-hydrogen) atoms. The van der Waals surface area contributed by atoms with E-state index in [2.05, 4.69) is 12.2 Å². The molecular weight excluding hydrogens is 196 g/mol. The molecule has 1 rings (SSSR count). The molecule has 1 nitrogen and oxygen atoms in total. The number of halogens is 2. The first kappa shape index (κ1) is 12.0. The average molecular weight is 213 g/mol. The Labute approximate surface area is 89.5 Å². The highest BCUT2D eigenvalue weighted by Gasteiger charge is 2.05. The number of aryl methyl sites for hydroxylation is 1. The molecule has 0 fully saturated rings. The molecule has 0 radical (unpaired) electrons. The van der Waals surface area contributed by atoms with E-state index < -0.39 is 0 Å². The number of hydrogen-bond donors (Lipinski definition) is 1. The van der Waals surface area contributed by atoms with Crippen molar-refractivity contribution in [3.05, 3.63) is 29.3 Å². The van der Waals surface area contributed by atoms with Crippen LogP contribution in [0.25, 0.3) is 0 Å². The maximum atomic E-state index is 13.3. The van der Waals surface area contributed by atoms with Crippen LogP contribution in [0.4, 0.5) is 14.5 Å². The Morgan fingerprint density at radius 3 is 2.53 bits per heavy atom. The molecule has 0 unspecified atom stereocenters.